The molecule has 0 aliphatic rings. The van der Waals surface area contributed by atoms with Gasteiger partial charge in [0.25, 0.3) is 0 Å². The Bertz CT molecular complexity index is 7890. The minimum Gasteiger partial charge on any atom is -0.456 e. The molecule has 0 bridgehead atoms. The summed E-state index contributed by atoms with van der Waals surface area (Å²) in [7, 11) is 0. The fourth-order valence-corrected chi connectivity index (χ4v) is 18.7. The molecule has 0 atom stereocenters. The molecule has 0 aliphatic heterocycles. The van der Waals surface area contributed by atoms with E-state index in [1.165, 1.54) is 181 Å². The number of hydrogen-bond acceptors (Lipinski definition) is 5. The molecule has 5 nitrogen and oxygen atoms in total. The third-order valence-corrected chi connectivity index (χ3v) is 26.4. The number of furan rings is 1. The molecule has 0 fully saturated rings. The third-order valence-electron chi connectivity index (χ3n) is 26.4. The number of fused-ring (bicyclic) bond motifs is 8. The lowest BCUT2D eigenvalue weighted by atomic mass is 9.82. The van der Waals surface area contributed by atoms with Gasteiger partial charge in [-0.15, -0.1) is 0 Å². The van der Waals surface area contributed by atoms with Crippen molar-refractivity contribution in [3.8, 4) is 66.8 Å². The van der Waals surface area contributed by atoms with Gasteiger partial charge in [-0.3, -0.25) is 19.9 Å². The van der Waals surface area contributed by atoms with E-state index in [0.717, 1.165) is 22.2 Å². The lowest BCUT2D eigenvalue weighted by Crippen LogP contribution is -2.13. The number of hydrogen-bond donors (Lipinski definition) is 0. The zero-order valence-electron chi connectivity index (χ0n) is 85.0. The van der Waals surface area contributed by atoms with Crippen molar-refractivity contribution in [2.45, 2.75) is 183 Å². The van der Waals surface area contributed by atoms with Crippen LogP contribution >= 0.6 is 0 Å². The number of benzene rings is 17. The lowest BCUT2D eigenvalue weighted by molar-refractivity contribution is 0.588. The second-order valence-corrected chi connectivity index (χ2v) is 43.9. The van der Waals surface area contributed by atoms with Gasteiger partial charge in [-0.05, 0) is 241 Å². The van der Waals surface area contributed by atoms with Crippen molar-refractivity contribution in [3.05, 3.63) is 458 Å². The highest BCUT2D eigenvalue weighted by Gasteiger charge is 2.26. The van der Waals surface area contributed by atoms with Crippen LogP contribution in [0.15, 0.2) is 424 Å². The molecule has 0 unspecified atom stereocenters. The van der Waals surface area contributed by atoms with E-state index in [9.17, 15) is 0 Å². The summed E-state index contributed by atoms with van der Waals surface area (Å²) in [5.74, 6) is 0. The molecule has 0 N–H and O–H groups in total. The Balaban J connectivity index is 0.000000118. The van der Waals surface area contributed by atoms with E-state index in [1.807, 2.05) is 67.5 Å². The van der Waals surface area contributed by atoms with Crippen molar-refractivity contribution in [2.24, 2.45) is 0 Å². The van der Waals surface area contributed by atoms with Crippen LogP contribution in [0.25, 0.3) is 164 Å². The van der Waals surface area contributed by atoms with Crippen molar-refractivity contribution in [2.75, 3.05) is 0 Å². The van der Waals surface area contributed by atoms with Gasteiger partial charge in [0.05, 0.1) is 11.0 Å². The summed E-state index contributed by atoms with van der Waals surface area (Å²) in [5, 5.41) is 18.3. The van der Waals surface area contributed by atoms with E-state index >= 15 is 0 Å². The van der Waals surface area contributed by atoms with Crippen molar-refractivity contribution in [1.82, 2.24) is 19.9 Å². The van der Waals surface area contributed by atoms with Gasteiger partial charge in [0, 0.05) is 69.9 Å². The first-order valence-electron chi connectivity index (χ1n) is 49.0. The van der Waals surface area contributed by atoms with Gasteiger partial charge in [0.15, 0.2) is 0 Å². The van der Waals surface area contributed by atoms with Crippen LogP contribution < -0.4 is 0 Å². The topological polar surface area (TPSA) is 64.7 Å². The Morgan fingerprint density at radius 1 is 0.180 bits per heavy atom. The monoisotopic (exact) mass is 1810 g/mol. The highest BCUT2D eigenvalue weighted by Crippen LogP contribution is 2.45. The first-order chi connectivity index (χ1) is 66.4. The average Bonchev–Trinajstić information content (AvgIpc) is 1.73. The van der Waals surface area contributed by atoms with E-state index < -0.39 is 0 Å². The standard InChI is InChI=1S/C23H21N.C22H20O.C22H22.C20H18.C19H19N.C15H17N.C13H15N/c1-23(2,3)22-13-14-24-15-21(22)19-10-6-9-18-17-8-5-4-7-16(17)11-12-20(18)19;1-22(2,3)16-13-18(15-9-5-4-6-10-15)21-17-11-7-8-12-19(17)23-20(21)14-16;1-22(2,3)21-15-13-20(14-16-21)19-11-9-18(10-12-19)17-7-5-4-6-8-17;1-20(2,3)17-11-15-9-7-13-5-4-6-14-8-10-16(12-17)19(15)18(13)14;1-19(2,3)15-9-10-17-16(11-12-20-18(17)13-15)14-7-5-4-6-8-14;1-15(2,3)14-9-5-4-8-13(14)12-7-6-10-16-11-12;1-13(2,3)11-8-9-14-12-7-5-4-6-10(11)12/h4-15H,1-3H3;4-14H,1-3H3;4-16H,1-3H3;4-12H,1-3H3;4-13H,1-3H3;4-11H,1-3H3;4-9H,1-3H3. The molecule has 0 amide bonds. The minimum atomic E-state index is 0.0801. The zero-order chi connectivity index (χ0) is 98.2. The van der Waals surface area contributed by atoms with Crippen LogP contribution in [0.4, 0.5) is 0 Å². The summed E-state index contributed by atoms with van der Waals surface area (Å²) in [6, 6.07) is 136. The molecule has 5 aromatic heterocycles. The summed E-state index contributed by atoms with van der Waals surface area (Å²) < 4.78 is 6.15. The maximum atomic E-state index is 6.15. The summed E-state index contributed by atoms with van der Waals surface area (Å²) in [4.78, 5) is 17.5. The Labute approximate surface area is 824 Å². The summed E-state index contributed by atoms with van der Waals surface area (Å²) in [6.45, 7) is 47.2. The van der Waals surface area contributed by atoms with Crippen LogP contribution in [0.2, 0.25) is 0 Å². The minimum absolute atomic E-state index is 0.0801. The predicted molar refractivity (Wildman–Crippen MR) is 601 cm³/mol. The van der Waals surface area contributed by atoms with Crippen molar-refractivity contribution in [3.63, 3.8) is 0 Å². The van der Waals surface area contributed by atoms with Crippen LogP contribution in [0.3, 0.4) is 0 Å². The zero-order valence-corrected chi connectivity index (χ0v) is 85.0. The van der Waals surface area contributed by atoms with Crippen molar-refractivity contribution < 1.29 is 4.42 Å². The van der Waals surface area contributed by atoms with Gasteiger partial charge in [-0.2, -0.15) is 0 Å². The Hall–Kier alpha value is -14.8. The maximum absolute atomic E-state index is 6.15. The SMILES string of the molecule is CC(C)(C)c1cc(-c2ccccc2)c2c(c1)oc1ccccc12.CC(C)(C)c1cc2ccc3cccc4ccc(c1)c2c34.CC(C)(C)c1ccc(-c2ccc(-c3ccccc3)cc2)cc1.CC(C)(C)c1ccc2c(-c3ccccc3)ccnc2c1.CC(C)(C)c1ccccc1-c1cccnc1.CC(C)(C)c1ccnc2ccccc12.CC(C)(C)c1ccncc1-c1cccc2c1ccc1ccccc12. The molecule has 0 saturated carbocycles. The predicted octanol–water partition coefficient (Wildman–Crippen LogP) is 37.9. The molecular formula is C134H132N4O. The number of para-hydroxylation sites is 2. The van der Waals surface area contributed by atoms with Crippen LogP contribution in [0, 0.1) is 0 Å². The first kappa shape index (κ1) is 97.3. The van der Waals surface area contributed by atoms with Crippen LogP contribution in [0.1, 0.15) is 184 Å². The Kier molecular flexibility index (Phi) is 28.6. The summed E-state index contributed by atoms with van der Waals surface area (Å²) in [5.41, 5.74) is 29.5. The van der Waals surface area contributed by atoms with E-state index in [-0.39, 0.29) is 37.9 Å². The van der Waals surface area contributed by atoms with Gasteiger partial charge >= 0.3 is 0 Å². The molecule has 139 heavy (non-hydrogen) atoms. The summed E-state index contributed by atoms with van der Waals surface area (Å²) in [6.07, 6.45) is 11.4. The molecule has 22 rings (SSSR count). The van der Waals surface area contributed by atoms with Gasteiger partial charge in [-0.25, -0.2) is 0 Å². The van der Waals surface area contributed by atoms with E-state index in [2.05, 4.69) is 517 Å². The largest absolute Gasteiger partial charge is 0.456 e. The fraction of sp³-hybridized carbons (Fsp3) is 0.209. The van der Waals surface area contributed by atoms with Gasteiger partial charge in [0.2, 0.25) is 0 Å². The smallest absolute Gasteiger partial charge is 0.136 e. The second kappa shape index (κ2) is 40.9. The molecule has 694 valence electrons. The summed E-state index contributed by atoms with van der Waals surface area (Å²) >= 11 is 0. The molecule has 0 aliphatic carbocycles. The maximum Gasteiger partial charge on any atom is 0.136 e. The number of rotatable bonds is 6. The van der Waals surface area contributed by atoms with Crippen LogP contribution in [-0.4, -0.2) is 19.9 Å². The Morgan fingerprint density at radius 2 is 0.604 bits per heavy atom. The van der Waals surface area contributed by atoms with Crippen molar-refractivity contribution in [1.29, 1.82) is 0 Å². The Morgan fingerprint density at radius 3 is 1.20 bits per heavy atom. The van der Waals surface area contributed by atoms with Gasteiger partial charge < -0.3 is 4.42 Å². The molecule has 0 spiro atoms. The molecular weight excluding hydrogens is 1680 g/mol. The first-order valence-corrected chi connectivity index (χ1v) is 49.0. The molecule has 5 heterocycles. The van der Waals surface area contributed by atoms with Crippen LogP contribution in [0.5, 0.6) is 0 Å². The van der Waals surface area contributed by atoms with Crippen molar-refractivity contribution >= 4 is 97.6 Å². The number of nitrogens with zero attached hydrogens (tertiary/aromatic N) is 4. The molecule has 5 heteroatoms. The van der Waals surface area contributed by atoms with E-state index in [1.54, 1.807) is 0 Å². The number of aromatic nitrogens is 4. The van der Waals surface area contributed by atoms with Gasteiger partial charge in [0.1, 0.15) is 11.2 Å². The average molecular weight is 1810 g/mol. The fourth-order valence-electron chi connectivity index (χ4n) is 18.7. The lowest BCUT2D eigenvalue weighted by Gasteiger charge is -2.23. The second-order valence-electron chi connectivity index (χ2n) is 43.9. The van der Waals surface area contributed by atoms with Gasteiger partial charge in [-0.1, -0.05) is 473 Å². The quantitative estimate of drug-likeness (QED) is 0.155. The normalized spacial score (nSPS) is 11.9. The molecule has 17 aromatic carbocycles. The number of pyridine rings is 4. The molecule has 0 saturated heterocycles. The molecule has 0 radical (unpaired) electrons. The molecule has 22 aromatic rings. The van der Waals surface area contributed by atoms with E-state index in [0.29, 0.717) is 0 Å². The highest BCUT2D eigenvalue weighted by molar-refractivity contribution is 6.23. The third kappa shape index (κ3) is 22.7. The van der Waals surface area contributed by atoms with Crippen LogP contribution in [-0.2, 0) is 37.9 Å². The van der Waals surface area contributed by atoms with E-state index in [4.69, 9.17) is 4.42 Å². The highest BCUT2D eigenvalue weighted by atomic mass is 16.3.